The number of nitrogens with zero attached hydrogens (tertiary/aromatic N) is 3. The van der Waals surface area contributed by atoms with Crippen LogP contribution < -0.4 is 5.32 Å². The number of carbonyl (C=O) groups is 1. The zero-order chi connectivity index (χ0) is 17.9. The van der Waals surface area contributed by atoms with Crippen molar-refractivity contribution in [2.45, 2.75) is 26.3 Å². The number of allylic oxidation sites excluding steroid dienone is 2. The van der Waals surface area contributed by atoms with Crippen molar-refractivity contribution >= 4 is 11.5 Å². The van der Waals surface area contributed by atoms with E-state index in [0.29, 0.717) is 13.0 Å². The van der Waals surface area contributed by atoms with Gasteiger partial charge in [-0.05, 0) is 31.0 Å². The van der Waals surface area contributed by atoms with Crippen molar-refractivity contribution in [2.24, 2.45) is 0 Å². The summed E-state index contributed by atoms with van der Waals surface area (Å²) in [4.78, 5) is 11.7. The minimum atomic E-state index is 0.229. The van der Waals surface area contributed by atoms with Gasteiger partial charge in [-0.1, -0.05) is 47.7 Å². The number of hydrogen-bond donors (Lipinski definition) is 1. The van der Waals surface area contributed by atoms with Crippen molar-refractivity contribution in [3.05, 3.63) is 77.6 Å². The average molecular weight is 344 g/mol. The predicted octanol–water partition coefficient (Wildman–Crippen LogP) is 4.04. The molecule has 5 heteroatoms. The molecule has 0 saturated heterocycles. The molecule has 0 spiro atoms. The highest BCUT2D eigenvalue weighted by molar-refractivity contribution is 5.98. The number of Topliss-reactive ketones (excluding diaryl/α,β-unsaturated/α-hetero) is 1. The molecule has 26 heavy (non-hydrogen) atoms. The first kappa shape index (κ1) is 16.3. The van der Waals surface area contributed by atoms with E-state index >= 15 is 0 Å². The molecule has 1 aliphatic rings. The second kappa shape index (κ2) is 6.96. The molecule has 1 N–H and O–H groups in total. The first-order chi connectivity index (χ1) is 12.7. The molecule has 0 aliphatic heterocycles. The van der Waals surface area contributed by atoms with E-state index in [2.05, 4.69) is 27.8 Å². The third-order valence-electron chi connectivity index (χ3n) is 4.65. The van der Waals surface area contributed by atoms with Crippen LogP contribution in [0.25, 0.3) is 11.3 Å². The van der Waals surface area contributed by atoms with Crippen molar-refractivity contribution in [1.29, 1.82) is 0 Å². The molecule has 130 valence electrons. The Labute approximate surface area is 152 Å². The molecule has 0 amide bonds. The summed E-state index contributed by atoms with van der Waals surface area (Å²) in [5.41, 5.74) is 5.83. The van der Waals surface area contributed by atoms with Gasteiger partial charge in [-0.15, -0.1) is 5.10 Å². The normalized spacial score (nSPS) is 14.1. The predicted molar refractivity (Wildman–Crippen MR) is 102 cm³/mol. The van der Waals surface area contributed by atoms with Crippen LogP contribution in [0.4, 0.5) is 5.69 Å². The summed E-state index contributed by atoms with van der Waals surface area (Å²) in [7, 11) is 0. The van der Waals surface area contributed by atoms with Crippen LogP contribution in [-0.2, 0) is 11.3 Å². The molecule has 0 saturated carbocycles. The van der Waals surface area contributed by atoms with Crippen molar-refractivity contribution in [1.82, 2.24) is 15.0 Å². The molecule has 3 aromatic rings. The van der Waals surface area contributed by atoms with E-state index in [0.717, 1.165) is 34.6 Å². The van der Waals surface area contributed by atoms with Gasteiger partial charge in [0.15, 0.2) is 5.78 Å². The quantitative estimate of drug-likeness (QED) is 0.759. The Morgan fingerprint density at radius 3 is 2.69 bits per heavy atom. The van der Waals surface area contributed by atoms with Gasteiger partial charge in [0.1, 0.15) is 5.69 Å². The lowest BCUT2D eigenvalue weighted by molar-refractivity contribution is -0.114. The molecule has 1 aromatic heterocycles. The van der Waals surface area contributed by atoms with E-state index in [9.17, 15) is 4.79 Å². The van der Waals surface area contributed by atoms with Gasteiger partial charge in [0, 0.05) is 28.9 Å². The second-order valence-electron chi connectivity index (χ2n) is 6.52. The third-order valence-corrected chi connectivity index (χ3v) is 4.65. The largest absolute Gasteiger partial charge is 0.359 e. The van der Waals surface area contributed by atoms with Crippen LogP contribution in [0.5, 0.6) is 0 Å². The number of ketones is 1. The van der Waals surface area contributed by atoms with E-state index in [4.69, 9.17) is 0 Å². The molecular weight excluding hydrogens is 324 g/mol. The SMILES string of the molecule is CC1=C(Nc2cccc(-c3cn(Cc4ccccc4)nn3)c2)CCC1=O. The Hall–Kier alpha value is -3.21. The molecule has 0 unspecified atom stereocenters. The number of nitrogens with one attached hydrogen (secondary N) is 1. The Kier molecular flexibility index (Phi) is 4.35. The van der Waals surface area contributed by atoms with Crippen molar-refractivity contribution in [2.75, 3.05) is 5.32 Å². The zero-order valence-electron chi connectivity index (χ0n) is 14.6. The van der Waals surface area contributed by atoms with Gasteiger partial charge >= 0.3 is 0 Å². The molecule has 1 heterocycles. The average Bonchev–Trinajstić information content (AvgIpc) is 3.25. The maximum Gasteiger partial charge on any atom is 0.160 e. The molecule has 0 radical (unpaired) electrons. The van der Waals surface area contributed by atoms with Crippen LogP contribution >= 0.6 is 0 Å². The van der Waals surface area contributed by atoms with Crippen molar-refractivity contribution in [3.63, 3.8) is 0 Å². The molecule has 0 atom stereocenters. The lowest BCUT2D eigenvalue weighted by atomic mass is 10.1. The maximum atomic E-state index is 11.7. The Morgan fingerprint density at radius 2 is 1.92 bits per heavy atom. The molecule has 0 fully saturated rings. The van der Waals surface area contributed by atoms with Crippen LogP contribution in [0.3, 0.4) is 0 Å². The standard InChI is InChI=1S/C21H20N4O/c1-15-19(10-11-21(15)26)22-18-9-5-8-17(12-18)20-14-25(24-23-20)13-16-6-3-2-4-7-16/h2-9,12,14,22H,10-11,13H2,1H3. The molecule has 0 bridgehead atoms. The fraction of sp³-hybridized carbons (Fsp3) is 0.190. The summed E-state index contributed by atoms with van der Waals surface area (Å²) in [6.45, 7) is 2.58. The molecular formula is C21H20N4O. The number of hydrogen-bond acceptors (Lipinski definition) is 4. The van der Waals surface area contributed by atoms with Crippen LogP contribution in [0.1, 0.15) is 25.3 Å². The summed E-state index contributed by atoms with van der Waals surface area (Å²) in [6.07, 6.45) is 3.33. The molecule has 4 rings (SSSR count). The van der Waals surface area contributed by atoms with Crippen LogP contribution in [0.15, 0.2) is 72.1 Å². The molecule has 5 nitrogen and oxygen atoms in total. The highest BCUT2D eigenvalue weighted by Gasteiger charge is 2.19. The van der Waals surface area contributed by atoms with Gasteiger partial charge in [0.05, 0.1) is 12.7 Å². The number of aromatic nitrogens is 3. The zero-order valence-corrected chi connectivity index (χ0v) is 14.6. The van der Waals surface area contributed by atoms with Crippen molar-refractivity contribution < 1.29 is 4.79 Å². The summed E-state index contributed by atoms with van der Waals surface area (Å²) >= 11 is 0. The van der Waals surface area contributed by atoms with Crippen LogP contribution in [-0.4, -0.2) is 20.8 Å². The van der Waals surface area contributed by atoms with Crippen LogP contribution in [0, 0.1) is 0 Å². The summed E-state index contributed by atoms with van der Waals surface area (Å²) < 4.78 is 1.84. The third kappa shape index (κ3) is 3.42. The van der Waals surface area contributed by atoms with E-state index in [1.807, 2.05) is 60.3 Å². The monoisotopic (exact) mass is 344 g/mol. The highest BCUT2D eigenvalue weighted by atomic mass is 16.1. The van der Waals surface area contributed by atoms with Gasteiger partial charge in [0.2, 0.25) is 0 Å². The maximum absolute atomic E-state index is 11.7. The lowest BCUT2D eigenvalue weighted by Crippen LogP contribution is -2.00. The highest BCUT2D eigenvalue weighted by Crippen LogP contribution is 2.26. The number of anilines is 1. The van der Waals surface area contributed by atoms with Crippen LogP contribution in [0.2, 0.25) is 0 Å². The summed E-state index contributed by atoms with van der Waals surface area (Å²) in [6, 6.07) is 18.2. The van der Waals surface area contributed by atoms with Gasteiger partial charge in [-0.25, -0.2) is 4.68 Å². The van der Waals surface area contributed by atoms with E-state index in [1.165, 1.54) is 5.56 Å². The fourth-order valence-corrected chi connectivity index (χ4v) is 3.15. The molecule has 2 aromatic carbocycles. The fourth-order valence-electron chi connectivity index (χ4n) is 3.15. The van der Waals surface area contributed by atoms with Gasteiger partial charge in [0.25, 0.3) is 0 Å². The van der Waals surface area contributed by atoms with Crippen molar-refractivity contribution in [3.8, 4) is 11.3 Å². The Balaban J connectivity index is 1.53. The van der Waals surface area contributed by atoms with E-state index in [-0.39, 0.29) is 5.78 Å². The van der Waals surface area contributed by atoms with E-state index in [1.54, 1.807) is 0 Å². The van der Waals surface area contributed by atoms with Gasteiger partial charge in [-0.3, -0.25) is 4.79 Å². The Bertz CT molecular complexity index is 972. The minimum Gasteiger partial charge on any atom is -0.359 e. The summed E-state index contributed by atoms with van der Waals surface area (Å²) in [5, 5.41) is 11.9. The minimum absolute atomic E-state index is 0.229. The number of rotatable bonds is 5. The first-order valence-corrected chi connectivity index (χ1v) is 8.73. The number of carbonyl (C=O) groups excluding carboxylic acids is 1. The molecule has 1 aliphatic carbocycles. The smallest absolute Gasteiger partial charge is 0.160 e. The Morgan fingerprint density at radius 1 is 1.08 bits per heavy atom. The topological polar surface area (TPSA) is 59.8 Å². The number of benzene rings is 2. The first-order valence-electron chi connectivity index (χ1n) is 8.73. The second-order valence-corrected chi connectivity index (χ2v) is 6.52. The van der Waals surface area contributed by atoms with Gasteiger partial charge < -0.3 is 5.32 Å². The lowest BCUT2D eigenvalue weighted by Gasteiger charge is -2.09. The van der Waals surface area contributed by atoms with E-state index < -0.39 is 0 Å². The van der Waals surface area contributed by atoms with Gasteiger partial charge in [-0.2, -0.15) is 0 Å². The summed E-state index contributed by atoms with van der Waals surface area (Å²) in [5.74, 6) is 0.229.